The van der Waals surface area contributed by atoms with Crippen LogP contribution in [0.4, 0.5) is 16.2 Å². The summed E-state index contributed by atoms with van der Waals surface area (Å²) < 4.78 is 5.54. The molecule has 0 saturated carbocycles. The third-order valence-electron chi connectivity index (χ3n) is 10.3. The zero-order valence-electron chi connectivity index (χ0n) is 35.8. The van der Waals surface area contributed by atoms with Gasteiger partial charge in [-0.3, -0.25) is 38.7 Å². The van der Waals surface area contributed by atoms with Crippen LogP contribution >= 0.6 is 0 Å². The normalized spacial score (nSPS) is 17.2. The van der Waals surface area contributed by atoms with Crippen LogP contribution < -0.4 is 32.7 Å². The minimum absolute atomic E-state index is 0.0547. The molecule has 2 heterocycles. The van der Waals surface area contributed by atoms with Crippen molar-refractivity contribution < 1.29 is 53.3 Å². The Morgan fingerprint density at radius 3 is 1.95 bits per heavy atom. The van der Waals surface area contributed by atoms with Crippen LogP contribution in [0.3, 0.4) is 0 Å². The number of carboxylic acid groups (broad SMARTS) is 2. The molecule has 5 atom stereocenters. The van der Waals surface area contributed by atoms with Crippen LogP contribution in [0.2, 0.25) is 0 Å². The van der Waals surface area contributed by atoms with Gasteiger partial charge in [0, 0.05) is 19.6 Å². The van der Waals surface area contributed by atoms with Crippen molar-refractivity contribution in [1.82, 2.24) is 31.1 Å². The van der Waals surface area contributed by atoms with E-state index in [0.717, 1.165) is 0 Å². The van der Waals surface area contributed by atoms with E-state index in [2.05, 4.69) is 36.5 Å². The molecule has 346 valence electrons. The number of nitrogens with zero attached hydrogens (tertiary/aromatic N) is 5. The fraction of sp³-hybridized carbons (Fsp3) is 0.500. The molecule has 0 spiro atoms. The maximum Gasteiger partial charge on any atom is 0.410 e. The molecule has 2 fully saturated rings. The second-order valence-electron chi connectivity index (χ2n) is 15.8. The standard InChI is InChI=1S/C42H57N11O11/c1-25(2)21-30(48-39(60)33-13-8-20-53(33)42(63)64-24-26-14-16-28(17-15-26)51-50-27-9-4-3-5-10-27)36(57)46-23-34(54)52-19-7-12-32(52)38(59)49-31(22-35(55)56)37(58)47-29(40(61)62)11-6-18-45-41(43)44/h3-5,9-10,14-17,25,29-33H,6-8,11-13,18-24H2,1-2H3,(H,46,57)(H,47,58)(H,48,60)(H,49,59)(H,55,56)(H,61,62)(H4,43,44,45)/t29-,30-,31-,32-,33-/m0/s1. The van der Waals surface area contributed by atoms with Crippen LogP contribution in [-0.4, -0.2) is 130 Å². The quantitative estimate of drug-likeness (QED) is 0.0359. The fourth-order valence-electron chi connectivity index (χ4n) is 7.14. The first-order valence-electron chi connectivity index (χ1n) is 21.0. The Balaban J connectivity index is 1.30. The van der Waals surface area contributed by atoms with Gasteiger partial charge in [-0.15, -0.1) is 0 Å². The largest absolute Gasteiger partial charge is 0.481 e. The lowest BCUT2D eigenvalue weighted by atomic mass is 10.0. The Labute approximate surface area is 369 Å². The van der Waals surface area contributed by atoms with Gasteiger partial charge in [0.2, 0.25) is 29.5 Å². The summed E-state index contributed by atoms with van der Waals surface area (Å²) in [7, 11) is 0. The lowest BCUT2D eigenvalue weighted by Crippen LogP contribution is -2.57. The topological polar surface area (TPSA) is 330 Å². The van der Waals surface area contributed by atoms with E-state index < -0.39 is 90.7 Å². The van der Waals surface area contributed by atoms with E-state index in [1.165, 1.54) is 9.80 Å². The van der Waals surface area contributed by atoms with Crippen LogP contribution in [0.5, 0.6) is 0 Å². The second-order valence-corrected chi connectivity index (χ2v) is 15.8. The van der Waals surface area contributed by atoms with Crippen LogP contribution in [0, 0.1) is 5.92 Å². The minimum Gasteiger partial charge on any atom is -0.481 e. The minimum atomic E-state index is -1.68. The SMILES string of the molecule is CC(C)C[C@H](NC(=O)[C@@H]1CCCN1C(=O)OCc1ccc(N=Nc2ccccc2)cc1)C(=O)NCC(=O)N1CCC[C@H]1C(=O)N[C@@H](CC(=O)O)C(=O)N[C@@H](CCCN=C(N)N)C(=O)O. The Morgan fingerprint density at radius 1 is 0.766 bits per heavy atom. The van der Waals surface area contributed by atoms with Crippen molar-refractivity contribution in [3.05, 3.63) is 60.2 Å². The molecule has 2 aliphatic heterocycles. The molecule has 0 radical (unpaired) electrons. The number of guanidine groups is 1. The molecule has 22 nitrogen and oxygen atoms in total. The smallest absolute Gasteiger partial charge is 0.410 e. The van der Waals surface area contributed by atoms with E-state index in [0.29, 0.717) is 36.2 Å². The fourth-order valence-corrected chi connectivity index (χ4v) is 7.14. The number of carboxylic acids is 2. The van der Waals surface area contributed by atoms with Gasteiger partial charge < -0.3 is 52.6 Å². The molecule has 4 rings (SSSR count). The Kier molecular flexibility index (Phi) is 19.0. The number of likely N-dealkylation sites (tertiary alicyclic amines) is 2. The number of aliphatic imine (C=N–C) groups is 1. The highest BCUT2D eigenvalue weighted by Gasteiger charge is 2.39. The van der Waals surface area contributed by atoms with Crippen LogP contribution in [-0.2, 0) is 44.9 Å². The first kappa shape index (κ1) is 49.5. The molecule has 2 aliphatic rings. The van der Waals surface area contributed by atoms with E-state index in [-0.39, 0.29) is 63.8 Å². The molecule has 22 heteroatoms. The number of benzene rings is 2. The number of nitrogens with one attached hydrogen (secondary N) is 4. The summed E-state index contributed by atoms with van der Waals surface area (Å²) >= 11 is 0. The maximum atomic E-state index is 13.6. The predicted octanol–water partition coefficient (Wildman–Crippen LogP) is 1.42. The lowest BCUT2D eigenvalue weighted by molar-refractivity contribution is -0.144. The number of aliphatic carboxylic acids is 2. The molecule has 2 aromatic carbocycles. The number of carbonyl (C=O) groups excluding carboxylic acids is 6. The Hall–Kier alpha value is -7.13. The van der Waals surface area contributed by atoms with E-state index >= 15 is 0 Å². The number of carbonyl (C=O) groups is 8. The van der Waals surface area contributed by atoms with E-state index in [1.54, 1.807) is 24.3 Å². The molecule has 0 bridgehead atoms. The summed E-state index contributed by atoms with van der Waals surface area (Å²) in [5.41, 5.74) is 12.6. The highest BCUT2D eigenvalue weighted by atomic mass is 16.6. The number of azo groups is 1. The van der Waals surface area contributed by atoms with Gasteiger partial charge in [-0.05, 0) is 80.7 Å². The van der Waals surface area contributed by atoms with Gasteiger partial charge in [0.1, 0.15) is 36.8 Å². The number of nitrogens with two attached hydrogens (primary N) is 2. The molecule has 2 aromatic rings. The van der Waals surface area contributed by atoms with E-state index in [9.17, 15) is 48.6 Å². The molecular formula is C42H57N11O11. The van der Waals surface area contributed by atoms with Crippen LogP contribution in [0.25, 0.3) is 0 Å². The number of ether oxygens (including phenoxy) is 1. The molecule has 2 saturated heterocycles. The Bertz CT molecular complexity index is 2030. The van der Waals surface area contributed by atoms with Gasteiger partial charge in [-0.25, -0.2) is 9.59 Å². The highest BCUT2D eigenvalue weighted by Crippen LogP contribution is 2.22. The first-order valence-corrected chi connectivity index (χ1v) is 21.0. The number of amides is 6. The average molecular weight is 892 g/mol. The highest BCUT2D eigenvalue weighted by molar-refractivity contribution is 5.97. The Morgan fingerprint density at radius 2 is 1.36 bits per heavy atom. The summed E-state index contributed by atoms with van der Waals surface area (Å²) in [6.45, 7) is 3.55. The van der Waals surface area contributed by atoms with Crippen molar-refractivity contribution in [2.45, 2.75) is 102 Å². The van der Waals surface area contributed by atoms with Crippen LogP contribution in [0.1, 0.15) is 70.8 Å². The van der Waals surface area contributed by atoms with Crippen molar-refractivity contribution in [2.24, 2.45) is 32.6 Å². The second kappa shape index (κ2) is 24.5. The van der Waals surface area contributed by atoms with Gasteiger partial charge in [0.25, 0.3) is 0 Å². The van der Waals surface area contributed by atoms with Crippen LogP contribution in [0.15, 0.2) is 69.8 Å². The molecule has 64 heavy (non-hydrogen) atoms. The van der Waals surface area contributed by atoms with Gasteiger partial charge in [-0.1, -0.05) is 44.2 Å². The summed E-state index contributed by atoms with van der Waals surface area (Å²) in [6.07, 6.45) is 0.110. The number of hydrogen-bond donors (Lipinski definition) is 8. The first-order chi connectivity index (χ1) is 30.5. The van der Waals surface area contributed by atoms with Gasteiger partial charge in [-0.2, -0.15) is 10.2 Å². The zero-order valence-corrected chi connectivity index (χ0v) is 35.8. The summed E-state index contributed by atoms with van der Waals surface area (Å²) in [5.74, 6) is -6.91. The van der Waals surface area contributed by atoms with Crippen molar-refractivity contribution >= 4 is 64.9 Å². The zero-order chi connectivity index (χ0) is 46.8. The lowest BCUT2D eigenvalue weighted by Gasteiger charge is -2.28. The molecule has 0 unspecified atom stereocenters. The van der Waals surface area contributed by atoms with Crippen molar-refractivity contribution in [3.63, 3.8) is 0 Å². The van der Waals surface area contributed by atoms with E-state index in [1.807, 2.05) is 44.2 Å². The molecule has 6 amide bonds. The molecular weight excluding hydrogens is 835 g/mol. The molecule has 0 aliphatic carbocycles. The molecule has 0 aromatic heterocycles. The van der Waals surface area contributed by atoms with Crippen molar-refractivity contribution in [2.75, 3.05) is 26.2 Å². The summed E-state index contributed by atoms with van der Waals surface area (Å²) in [5, 5.41) is 37.3. The van der Waals surface area contributed by atoms with E-state index in [4.69, 9.17) is 16.2 Å². The summed E-state index contributed by atoms with van der Waals surface area (Å²) in [6, 6.07) is 10.0. The van der Waals surface area contributed by atoms with Crippen molar-refractivity contribution in [1.29, 1.82) is 0 Å². The predicted molar refractivity (Wildman–Crippen MR) is 230 cm³/mol. The van der Waals surface area contributed by atoms with Gasteiger partial charge >= 0.3 is 18.0 Å². The third-order valence-corrected chi connectivity index (χ3v) is 10.3. The third kappa shape index (κ3) is 15.6. The molecule has 10 N–H and O–H groups in total. The number of rotatable bonds is 22. The maximum absolute atomic E-state index is 13.6. The monoisotopic (exact) mass is 891 g/mol. The summed E-state index contributed by atoms with van der Waals surface area (Å²) in [4.78, 5) is 110. The number of hydrogen-bond acceptors (Lipinski definition) is 12. The van der Waals surface area contributed by atoms with Crippen molar-refractivity contribution in [3.8, 4) is 0 Å². The van der Waals surface area contributed by atoms with Gasteiger partial charge in [0.15, 0.2) is 5.96 Å². The average Bonchev–Trinajstić information content (AvgIpc) is 3.96. The van der Waals surface area contributed by atoms with Gasteiger partial charge in [0.05, 0.1) is 24.3 Å².